The van der Waals surface area contributed by atoms with Crippen LogP contribution in [0.15, 0.2) is 27.2 Å². The zero-order valence-corrected chi connectivity index (χ0v) is 11.7. The molecule has 0 aliphatic carbocycles. The molecule has 1 aromatic heterocycles. The summed E-state index contributed by atoms with van der Waals surface area (Å²) in [5, 5.41) is 7.05. The molecule has 1 heterocycles. The molecule has 18 heavy (non-hydrogen) atoms. The predicted molar refractivity (Wildman–Crippen MR) is 69.4 cm³/mol. The van der Waals surface area contributed by atoms with Gasteiger partial charge in [0.25, 0.3) is 5.89 Å². The molecule has 2 rings (SSSR count). The van der Waals surface area contributed by atoms with Gasteiger partial charge >= 0.3 is 0 Å². The Morgan fingerprint density at radius 1 is 1.44 bits per heavy atom. The molecule has 2 aromatic rings. The van der Waals surface area contributed by atoms with E-state index in [1.807, 2.05) is 13.8 Å². The van der Waals surface area contributed by atoms with E-state index < -0.39 is 0 Å². The molecule has 0 saturated carbocycles. The van der Waals surface area contributed by atoms with Gasteiger partial charge in [-0.2, -0.15) is 4.98 Å². The standard InChI is InChI=1S/C12H13BrFN3O/c1-7(2)15-6-11-16-12(18-17-11)8-3-4-10(14)9(13)5-8/h3-5,7,15H,6H2,1-2H3. The molecule has 4 nitrogen and oxygen atoms in total. The molecule has 0 spiro atoms. The number of hydrogen-bond donors (Lipinski definition) is 1. The predicted octanol–water partition coefficient (Wildman–Crippen LogP) is 3.14. The molecule has 0 aliphatic heterocycles. The molecule has 0 aliphatic rings. The fraction of sp³-hybridized carbons (Fsp3) is 0.333. The Morgan fingerprint density at radius 2 is 2.22 bits per heavy atom. The van der Waals surface area contributed by atoms with Gasteiger partial charge in [0.15, 0.2) is 5.82 Å². The Balaban J connectivity index is 2.16. The maximum absolute atomic E-state index is 13.1. The van der Waals surface area contributed by atoms with Crippen molar-refractivity contribution in [3.8, 4) is 11.5 Å². The summed E-state index contributed by atoms with van der Waals surface area (Å²) in [5.74, 6) is 0.648. The van der Waals surface area contributed by atoms with Gasteiger partial charge in [-0.15, -0.1) is 0 Å². The summed E-state index contributed by atoms with van der Waals surface area (Å²) in [6, 6.07) is 4.93. The zero-order valence-electron chi connectivity index (χ0n) is 10.1. The molecule has 1 aromatic carbocycles. The Labute approximate surface area is 113 Å². The summed E-state index contributed by atoms with van der Waals surface area (Å²) in [4.78, 5) is 4.24. The molecule has 0 atom stereocenters. The maximum Gasteiger partial charge on any atom is 0.258 e. The molecular weight excluding hydrogens is 301 g/mol. The van der Waals surface area contributed by atoms with E-state index in [1.165, 1.54) is 6.07 Å². The van der Waals surface area contributed by atoms with Crippen molar-refractivity contribution < 1.29 is 8.91 Å². The van der Waals surface area contributed by atoms with E-state index >= 15 is 0 Å². The van der Waals surface area contributed by atoms with Crippen LogP contribution < -0.4 is 5.32 Å². The van der Waals surface area contributed by atoms with Crippen molar-refractivity contribution in [1.29, 1.82) is 0 Å². The second-order valence-electron chi connectivity index (χ2n) is 4.18. The van der Waals surface area contributed by atoms with Crippen LogP contribution in [0.3, 0.4) is 0 Å². The van der Waals surface area contributed by atoms with Gasteiger partial charge in [0, 0.05) is 11.6 Å². The van der Waals surface area contributed by atoms with E-state index in [4.69, 9.17) is 4.52 Å². The van der Waals surface area contributed by atoms with E-state index in [2.05, 4.69) is 31.4 Å². The van der Waals surface area contributed by atoms with Gasteiger partial charge < -0.3 is 9.84 Å². The minimum absolute atomic E-state index is 0.319. The van der Waals surface area contributed by atoms with Gasteiger partial charge in [-0.25, -0.2) is 4.39 Å². The number of benzene rings is 1. The van der Waals surface area contributed by atoms with Crippen molar-refractivity contribution >= 4 is 15.9 Å². The Hall–Kier alpha value is -1.27. The summed E-state index contributed by atoms with van der Waals surface area (Å²) < 4.78 is 18.6. The highest BCUT2D eigenvalue weighted by Gasteiger charge is 2.10. The average Bonchev–Trinajstić information content (AvgIpc) is 2.79. The van der Waals surface area contributed by atoms with Crippen molar-refractivity contribution in [2.75, 3.05) is 0 Å². The quantitative estimate of drug-likeness (QED) is 0.942. The van der Waals surface area contributed by atoms with Crippen LogP contribution >= 0.6 is 15.9 Å². The average molecular weight is 314 g/mol. The first-order valence-electron chi connectivity index (χ1n) is 5.57. The number of hydrogen-bond acceptors (Lipinski definition) is 4. The number of rotatable bonds is 4. The first-order chi connectivity index (χ1) is 8.56. The molecule has 0 amide bonds. The number of nitrogens with zero attached hydrogens (tertiary/aromatic N) is 2. The van der Waals surface area contributed by atoms with E-state index in [-0.39, 0.29) is 5.82 Å². The van der Waals surface area contributed by atoms with Crippen LogP contribution in [0, 0.1) is 5.82 Å². The molecular formula is C12H13BrFN3O. The van der Waals surface area contributed by atoms with Crippen LogP contribution in [0.1, 0.15) is 19.7 Å². The first-order valence-corrected chi connectivity index (χ1v) is 6.37. The van der Waals surface area contributed by atoms with Gasteiger partial charge in [-0.05, 0) is 34.1 Å². The first kappa shape index (κ1) is 13.2. The van der Waals surface area contributed by atoms with Crippen molar-refractivity contribution in [2.24, 2.45) is 0 Å². The smallest absolute Gasteiger partial charge is 0.258 e. The number of halogens is 2. The molecule has 0 unspecified atom stereocenters. The lowest BCUT2D eigenvalue weighted by atomic mass is 10.2. The van der Waals surface area contributed by atoms with E-state index in [0.29, 0.717) is 34.3 Å². The van der Waals surface area contributed by atoms with E-state index in [9.17, 15) is 4.39 Å². The highest BCUT2D eigenvalue weighted by Crippen LogP contribution is 2.23. The minimum Gasteiger partial charge on any atom is -0.334 e. The lowest BCUT2D eigenvalue weighted by molar-refractivity contribution is 0.417. The monoisotopic (exact) mass is 313 g/mol. The maximum atomic E-state index is 13.1. The van der Waals surface area contributed by atoms with Crippen LogP contribution in [-0.2, 0) is 6.54 Å². The largest absolute Gasteiger partial charge is 0.334 e. The third-order valence-electron chi connectivity index (χ3n) is 2.30. The third kappa shape index (κ3) is 3.14. The SMILES string of the molecule is CC(C)NCc1noc(-c2ccc(F)c(Br)c2)n1. The lowest BCUT2D eigenvalue weighted by Gasteiger charge is -2.03. The Kier molecular flexibility index (Phi) is 4.08. The van der Waals surface area contributed by atoms with Crippen LogP contribution in [0.4, 0.5) is 4.39 Å². The topological polar surface area (TPSA) is 51.0 Å². The second-order valence-corrected chi connectivity index (χ2v) is 5.03. The number of nitrogens with one attached hydrogen (secondary N) is 1. The van der Waals surface area contributed by atoms with Crippen molar-refractivity contribution in [1.82, 2.24) is 15.5 Å². The molecule has 0 saturated heterocycles. The fourth-order valence-electron chi connectivity index (χ4n) is 1.37. The molecule has 96 valence electrons. The van der Waals surface area contributed by atoms with Gasteiger partial charge in [-0.3, -0.25) is 0 Å². The van der Waals surface area contributed by atoms with Crippen LogP contribution in [-0.4, -0.2) is 16.2 Å². The van der Waals surface area contributed by atoms with Crippen LogP contribution in [0.5, 0.6) is 0 Å². The Morgan fingerprint density at radius 3 is 2.89 bits per heavy atom. The third-order valence-corrected chi connectivity index (χ3v) is 2.91. The minimum atomic E-state index is -0.319. The zero-order chi connectivity index (χ0) is 13.1. The molecule has 0 radical (unpaired) electrons. The summed E-state index contributed by atoms with van der Waals surface area (Å²) in [7, 11) is 0. The second kappa shape index (κ2) is 5.58. The van der Waals surface area contributed by atoms with Crippen LogP contribution in [0.25, 0.3) is 11.5 Å². The van der Waals surface area contributed by atoms with Crippen molar-refractivity contribution in [2.45, 2.75) is 26.4 Å². The highest BCUT2D eigenvalue weighted by molar-refractivity contribution is 9.10. The summed E-state index contributed by atoms with van der Waals surface area (Å²) >= 11 is 3.12. The fourth-order valence-corrected chi connectivity index (χ4v) is 1.75. The lowest BCUT2D eigenvalue weighted by Crippen LogP contribution is -2.22. The summed E-state index contributed by atoms with van der Waals surface area (Å²) in [5.41, 5.74) is 0.687. The summed E-state index contributed by atoms with van der Waals surface area (Å²) in [6.45, 7) is 4.62. The van der Waals surface area contributed by atoms with E-state index in [0.717, 1.165) is 0 Å². The van der Waals surface area contributed by atoms with E-state index in [1.54, 1.807) is 12.1 Å². The Bertz CT molecular complexity index is 542. The molecule has 1 N–H and O–H groups in total. The highest BCUT2D eigenvalue weighted by atomic mass is 79.9. The van der Waals surface area contributed by atoms with Crippen LogP contribution in [0.2, 0.25) is 0 Å². The van der Waals surface area contributed by atoms with Gasteiger partial charge in [0.2, 0.25) is 0 Å². The van der Waals surface area contributed by atoms with Gasteiger partial charge in [0.1, 0.15) is 5.82 Å². The molecule has 0 fully saturated rings. The molecule has 0 bridgehead atoms. The van der Waals surface area contributed by atoms with Gasteiger partial charge in [-0.1, -0.05) is 19.0 Å². The summed E-state index contributed by atoms with van der Waals surface area (Å²) in [6.07, 6.45) is 0. The normalized spacial score (nSPS) is 11.2. The van der Waals surface area contributed by atoms with Crippen molar-refractivity contribution in [3.05, 3.63) is 34.3 Å². The molecule has 6 heteroatoms. The van der Waals surface area contributed by atoms with Gasteiger partial charge in [0.05, 0.1) is 11.0 Å². The van der Waals surface area contributed by atoms with Crippen molar-refractivity contribution in [3.63, 3.8) is 0 Å². The number of aromatic nitrogens is 2.